The van der Waals surface area contributed by atoms with E-state index in [2.05, 4.69) is 10.4 Å². The minimum absolute atomic E-state index is 0.0542. The molecule has 1 aliphatic carbocycles. The van der Waals surface area contributed by atoms with E-state index >= 15 is 0 Å². The number of aliphatic carboxylic acids is 1. The summed E-state index contributed by atoms with van der Waals surface area (Å²) in [5.41, 5.74) is 6.37. The zero-order valence-electron chi connectivity index (χ0n) is 25.5. The van der Waals surface area contributed by atoms with E-state index in [1.54, 1.807) is 43.9 Å². The molecule has 1 aliphatic rings. The minimum Gasteiger partial charge on any atom is -0.480 e. The van der Waals surface area contributed by atoms with Gasteiger partial charge in [-0.15, -0.1) is 0 Å². The van der Waals surface area contributed by atoms with Crippen molar-refractivity contribution < 1.29 is 29.0 Å². The molecule has 0 radical (unpaired) electrons. The molecule has 1 amide bonds. The highest BCUT2D eigenvalue weighted by Gasteiger charge is 2.30. The Morgan fingerprint density at radius 1 is 0.956 bits per heavy atom. The topological polar surface area (TPSA) is 125 Å². The fraction of sp³-hybridized carbons (Fsp3) is 0.257. The van der Waals surface area contributed by atoms with Crippen LogP contribution in [-0.2, 0) is 27.7 Å². The number of benzene rings is 3. The SMILES string of the molecule is Cn1cc(-c2ccc3c(c2)c(C[C@H](NC(=O)OCC2c4ccccc4-c4ccccc42)C(=O)O)cn3C(=O)OC(C)(C)C)cn1. The number of carbonyl (C=O) groups excluding carboxylic acids is 2. The number of nitrogens with zero attached hydrogens (tertiary/aromatic N) is 3. The Morgan fingerprint density at radius 2 is 1.62 bits per heavy atom. The lowest BCUT2D eigenvalue weighted by Crippen LogP contribution is -2.42. The molecule has 0 fully saturated rings. The molecule has 10 nitrogen and oxygen atoms in total. The molecule has 45 heavy (non-hydrogen) atoms. The van der Waals surface area contributed by atoms with Crippen LogP contribution in [0.5, 0.6) is 0 Å². The van der Waals surface area contributed by atoms with Gasteiger partial charge in [0.15, 0.2) is 0 Å². The Bertz CT molecular complexity index is 1890. The number of aryl methyl sites for hydroxylation is 1. The third kappa shape index (κ3) is 6.04. The number of ether oxygens (including phenoxy) is 2. The maximum atomic E-state index is 13.2. The molecule has 2 aromatic heterocycles. The van der Waals surface area contributed by atoms with Gasteiger partial charge in [0.25, 0.3) is 0 Å². The largest absolute Gasteiger partial charge is 0.480 e. The molecule has 2 N–H and O–H groups in total. The molecule has 3 aromatic carbocycles. The summed E-state index contributed by atoms with van der Waals surface area (Å²) in [6.45, 7) is 5.38. The summed E-state index contributed by atoms with van der Waals surface area (Å²) in [5.74, 6) is -1.39. The normalized spacial score (nSPS) is 13.2. The average Bonchev–Trinajstić information content (AvgIpc) is 3.68. The summed E-state index contributed by atoms with van der Waals surface area (Å²) in [5, 5.41) is 17.5. The second kappa shape index (κ2) is 11.6. The van der Waals surface area contributed by atoms with Gasteiger partial charge in [-0.2, -0.15) is 5.10 Å². The predicted octanol–water partition coefficient (Wildman–Crippen LogP) is 6.36. The van der Waals surface area contributed by atoms with Crippen molar-refractivity contribution in [2.45, 2.75) is 44.8 Å². The van der Waals surface area contributed by atoms with Gasteiger partial charge in [-0.05, 0) is 66.3 Å². The highest BCUT2D eigenvalue weighted by molar-refractivity contribution is 5.95. The standard InChI is InChI=1S/C35H34N4O6/c1-35(2,3)45-34(43)39-19-22(28-15-21(13-14-31(28)39)23-17-36-38(4)18-23)16-30(32(40)41)37-33(42)44-20-29-26-11-7-5-9-24(26)25-10-6-8-12-27(25)29/h5-15,17-19,29-30H,16,20H2,1-4H3,(H,37,42)(H,40,41)/t30-/m0/s1. The maximum absolute atomic E-state index is 13.2. The molecule has 6 rings (SSSR count). The van der Waals surface area contributed by atoms with E-state index in [1.807, 2.05) is 73.9 Å². The van der Waals surface area contributed by atoms with Gasteiger partial charge in [-0.3, -0.25) is 9.25 Å². The summed E-state index contributed by atoms with van der Waals surface area (Å²) in [7, 11) is 1.82. The lowest BCUT2D eigenvalue weighted by Gasteiger charge is -2.19. The lowest BCUT2D eigenvalue weighted by molar-refractivity contribution is -0.139. The molecule has 10 heteroatoms. The van der Waals surface area contributed by atoms with Crippen LogP contribution in [0.4, 0.5) is 9.59 Å². The van der Waals surface area contributed by atoms with Crippen molar-refractivity contribution in [1.29, 1.82) is 0 Å². The summed E-state index contributed by atoms with van der Waals surface area (Å²) in [6, 6.07) is 20.2. The Kier molecular flexibility index (Phi) is 7.66. The van der Waals surface area contributed by atoms with Gasteiger partial charge in [0.1, 0.15) is 18.2 Å². The van der Waals surface area contributed by atoms with Gasteiger partial charge in [-0.25, -0.2) is 14.4 Å². The molecule has 0 saturated heterocycles. The first-order valence-corrected chi connectivity index (χ1v) is 14.7. The molecule has 1 atom stereocenters. The van der Waals surface area contributed by atoms with Crippen molar-refractivity contribution in [1.82, 2.24) is 19.7 Å². The molecule has 0 spiro atoms. The third-order valence-corrected chi connectivity index (χ3v) is 7.87. The van der Waals surface area contributed by atoms with E-state index in [0.29, 0.717) is 16.5 Å². The van der Waals surface area contributed by atoms with Gasteiger partial charge in [0.05, 0.1) is 11.7 Å². The monoisotopic (exact) mass is 606 g/mol. The highest BCUT2D eigenvalue weighted by atomic mass is 16.6. The summed E-state index contributed by atoms with van der Waals surface area (Å²) in [6.07, 6.45) is 3.64. The average molecular weight is 607 g/mol. The summed E-state index contributed by atoms with van der Waals surface area (Å²) >= 11 is 0. The van der Waals surface area contributed by atoms with E-state index in [0.717, 1.165) is 33.4 Å². The van der Waals surface area contributed by atoms with E-state index < -0.39 is 29.8 Å². The number of hydrogen-bond donors (Lipinski definition) is 2. The highest BCUT2D eigenvalue weighted by Crippen LogP contribution is 2.44. The van der Waals surface area contributed by atoms with E-state index in [-0.39, 0.29) is 18.9 Å². The number of aromatic nitrogens is 3. The van der Waals surface area contributed by atoms with E-state index in [4.69, 9.17) is 9.47 Å². The van der Waals surface area contributed by atoms with Crippen LogP contribution in [0.1, 0.15) is 43.4 Å². The molecule has 5 aromatic rings. The molecule has 0 aliphatic heterocycles. The van der Waals surface area contributed by atoms with Crippen LogP contribution in [0.3, 0.4) is 0 Å². The van der Waals surface area contributed by atoms with Gasteiger partial charge in [0.2, 0.25) is 0 Å². The molecular formula is C35H34N4O6. The Morgan fingerprint density at radius 3 is 2.22 bits per heavy atom. The number of carboxylic acid groups (broad SMARTS) is 1. The number of fused-ring (bicyclic) bond motifs is 4. The van der Waals surface area contributed by atoms with Crippen molar-refractivity contribution in [2.24, 2.45) is 7.05 Å². The zero-order valence-corrected chi connectivity index (χ0v) is 25.5. The van der Waals surface area contributed by atoms with Gasteiger partial charge in [0, 0.05) is 42.7 Å². The van der Waals surface area contributed by atoms with Crippen molar-refractivity contribution in [3.63, 3.8) is 0 Å². The fourth-order valence-corrected chi connectivity index (χ4v) is 5.88. The Hall–Kier alpha value is -5.38. The molecule has 2 heterocycles. The second-order valence-electron chi connectivity index (χ2n) is 12.2. The van der Waals surface area contributed by atoms with Crippen molar-refractivity contribution in [3.8, 4) is 22.3 Å². The van der Waals surface area contributed by atoms with Gasteiger partial charge >= 0.3 is 18.2 Å². The number of nitrogens with one attached hydrogen (secondary N) is 1. The summed E-state index contributed by atoms with van der Waals surface area (Å²) < 4.78 is 14.3. The van der Waals surface area contributed by atoms with Crippen LogP contribution in [0.2, 0.25) is 0 Å². The van der Waals surface area contributed by atoms with E-state index in [1.165, 1.54) is 4.57 Å². The molecule has 0 saturated carbocycles. The smallest absolute Gasteiger partial charge is 0.419 e. The van der Waals surface area contributed by atoms with Crippen LogP contribution in [-0.4, -0.2) is 55.9 Å². The summed E-state index contributed by atoms with van der Waals surface area (Å²) in [4.78, 5) is 38.6. The second-order valence-corrected chi connectivity index (χ2v) is 12.2. The van der Waals surface area contributed by atoms with Crippen molar-refractivity contribution in [2.75, 3.05) is 6.61 Å². The number of amides is 1. The molecule has 0 unspecified atom stereocenters. The van der Waals surface area contributed by atoms with Crippen LogP contribution < -0.4 is 5.32 Å². The number of hydrogen-bond acceptors (Lipinski definition) is 6. The maximum Gasteiger partial charge on any atom is 0.419 e. The van der Waals surface area contributed by atoms with Crippen LogP contribution >= 0.6 is 0 Å². The van der Waals surface area contributed by atoms with Crippen LogP contribution in [0, 0.1) is 0 Å². The minimum atomic E-state index is -1.32. The van der Waals surface area contributed by atoms with Crippen molar-refractivity contribution in [3.05, 3.63) is 102 Å². The molecule has 0 bridgehead atoms. The first-order chi connectivity index (χ1) is 21.5. The van der Waals surface area contributed by atoms with Crippen LogP contribution in [0.15, 0.2) is 85.3 Å². The van der Waals surface area contributed by atoms with Gasteiger partial charge < -0.3 is 19.9 Å². The Balaban J connectivity index is 1.25. The van der Waals surface area contributed by atoms with Gasteiger partial charge in [-0.1, -0.05) is 54.6 Å². The number of carbonyl (C=O) groups is 3. The first-order valence-electron chi connectivity index (χ1n) is 14.7. The predicted molar refractivity (Wildman–Crippen MR) is 169 cm³/mol. The molecule has 230 valence electrons. The fourth-order valence-electron chi connectivity index (χ4n) is 5.88. The Labute approximate surface area is 260 Å². The van der Waals surface area contributed by atoms with E-state index in [9.17, 15) is 19.5 Å². The lowest BCUT2D eigenvalue weighted by atomic mass is 9.98. The van der Waals surface area contributed by atoms with Crippen LogP contribution in [0.25, 0.3) is 33.2 Å². The van der Waals surface area contributed by atoms with Crippen molar-refractivity contribution >= 4 is 29.1 Å². The quantitative estimate of drug-likeness (QED) is 0.221. The molecular weight excluding hydrogens is 572 g/mol. The third-order valence-electron chi connectivity index (χ3n) is 7.87. The number of alkyl carbamates (subject to hydrolysis) is 1. The number of rotatable bonds is 7. The number of carboxylic acids is 1. The zero-order chi connectivity index (χ0) is 31.9. The first kappa shape index (κ1) is 29.7.